The highest BCUT2D eigenvalue weighted by Crippen LogP contribution is 2.13. The lowest BCUT2D eigenvalue weighted by atomic mass is 10.2. The van der Waals surface area contributed by atoms with Crippen molar-refractivity contribution in [1.29, 1.82) is 0 Å². The fourth-order valence-electron chi connectivity index (χ4n) is 1.75. The molecule has 2 amide bonds. The van der Waals surface area contributed by atoms with Crippen molar-refractivity contribution in [3.8, 4) is 0 Å². The summed E-state index contributed by atoms with van der Waals surface area (Å²) in [5, 5.41) is 8.75. The Labute approximate surface area is 157 Å². The first-order valence-electron chi connectivity index (χ1n) is 7.85. The molecule has 9 nitrogen and oxygen atoms in total. The lowest BCUT2D eigenvalue weighted by Crippen LogP contribution is -2.33. The number of carbonyl (C=O) groups excluding carboxylic acids is 2. The Bertz CT molecular complexity index is 705. The van der Waals surface area contributed by atoms with Crippen molar-refractivity contribution in [3.05, 3.63) is 24.3 Å². The number of rotatable bonds is 5. The van der Waals surface area contributed by atoms with Crippen LogP contribution in [-0.4, -0.2) is 52.2 Å². The minimum Gasteiger partial charge on any atom is -0.444 e. The topological polar surface area (TPSA) is 110 Å². The van der Waals surface area contributed by atoms with E-state index in [4.69, 9.17) is 4.74 Å². The van der Waals surface area contributed by atoms with E-state index in [9.17, 15) is 9.59 Å². The summed E-state index contributed by atoms with van der Waals surface area (Å²) in [6, 6.07) is 0. The third-order valence-corrected chi connectivity index (χ3v) is 3.52. The van der Waals surface area contributed by atoms with E-state index >= 15 is 0 Å². The van der Waals surface area contributed by atoms with Crippen molar-refractivity contribution in [3.63, 3.8) is 0 Å². The number of amides is 2. The number of hydrogen-bond acceptors (Lipinski definition) is 6. The standard InChI is InChI=1S/C16H26N6O3S/c1-10(8-19-15(24)25-16(2,3)4)20-14(26-7)21-11-9-18-12(22(11)6)13(23)17-5/h9H,1,8H2,2-7H3,(H,17,23)(H,19,24)(H,20,21). The summed E-state index contributed by atoms with van der Waals surface area (Å²) >= 11 is 1.36. The van der Waals surface area contributed by atoms with E-state index in [2.05, 4.69) is 32.5 Å². The number of thioether (sulfide) groups is 1. The normalized spacial score (nSPS) is 11.7. The van der Waals surface area contributed by atoms with Crippen LogP contribution in [0.2, 0.25) is 0 Å². The molecule has 0 fully saturated rings. The van der Waals surface area contributed by atoms with Crippen molar-refractivity contribution in [2.45, 2.75) is 26.4 Å². The van der Waals surface area contributed by atoms with Gasteiger partial charge in [-0.2, -0.15) is 0 Å². The molecule has 1 heterocycles. The van der Waals surface area contributed by atoms with E-state index in [0.29, 0.717) is 16.7 Å². The van der Waals surface area contributed by atoms with E-state index in [1.807, 2.05) is 6.26 Å². The minimum absolute atomic E-state index is 0.148. The molecule has 1 aromatic rings. The second kappa shape index (κ2) is 9.27. The third kappa shape index (κ3) is 6.79. The number of carbonyl (C=O) groups is 2. The zero-order chi connectivity index (χ0) is 19.9. The number of hydrogen-bond donors (Lipinski definition) is 3. The Morgan fingerprint density at radius 3 is 2.62 bits per heavy atom. The van der Waals surface area contributed by atoms with Crippen molar-refractivity contribution >= 4 is 34.7 Å². The number of ether oxygens (including phenoxy) is 1. The van der Waals surface area contributed by atoms with Gasteiger partial charge in [-0.1, -0.05) is 18.3 Å². The number of nitrogens with one attached hydrogen (secondary N) is 3. The second-order valence-electron chi connectivity index (χ2n) is 6.27. The van der Waals surface area contributed by atoms with Crippen LogP contribution in [-0.2, 0) is 11.8 Å². The molecule has 0 spiro atoms. The lowest BCUT2D eigenvalue weighted by Gasteiger charge is -2.19. The predicted molar refractivity (Wildman–Crippen MR) is 105 cm³/mol. The lowest BCUT2D eigenvalue weighted by molar-refractivity contribution is 0.0532. The zero-order valence-corrected chi connectivity index (χ0v) is 16.8. The quantitative estimate of drug-likeness (QED) is 0.530. The monoisotopic (exact) mass is 382 g/mol. The molecule has 0 unspecified atom stereocenters. The van der Waals surface area contributed by atoms with Gasteiger partial charge < -0.3 is 25.3 Å². The minimum atomic E-state index is -0.567. The average Bonchev–Trinajstić information content (AvgIpc) is 2.90. The van der Waals surface area contributed by atoms with Crippen LogP contribution in [0, 0.1) is 0 Å². The Hall–Kier alpha value is -2.49. The van der Waals surface area contributed by atoms with Crippen LogP contribution < -0.4 is 16.0 Å². The van der Waals surface area contributed by atoms with Crippen molar-refractivity contribution in [2.24, 2.45) is 12.0 Å². The third-order valence-electron chi connectivity index (χ3n) is 2.94. The molecule has 0 aliphatic heterocycles. The summed E-state index contributed by atoms with van der Waals surface area (Å²) in [7, 11) is 3.26. The number of alkyl carbamates (subject to hydrolysis) is 1. The second-order valence-corrected chi connectivity index (χ2v) is 7.07. The number of imidazole rings is 1. The van der Waals surface area contributed by atoms with Gasteiger partial charge in [-0.15, -0.1) is 0 Å². The molecular weight excluding hydrogens is 356 g/mol. The van der Waals surface area contributed by atoms with Gasteiger partial charge in [0.1, 0.15) is 11.4 Å². The van der Waals surface area contributed by atoms with Gasteiger partial charge in [0.15, 0.2) is 11.0 Å². The van der Waals surface area contributed by atoms with Crippen molar-refractivity contribution in [2.75, 3.05) is 25.2 Å². The largest absolute Gasteiger partial charge is 0.444 e. The van der Waals surface area contributed by atoms with Crippen LogP contribution in [0.5, 0.6) is 0 Å². The van der Waals surface area contributed by atoms with Crippen molar-refractivity contribution in [1.82, 2.24) is 20.2 Å². The maximum atomic E-state index is 11.7. The molecule has 0 bridgehead atoms. The maximum Gasteiger partial charge on any atom is 0.407 e. The summed E-state index contributed by atoms with van der Waals surface area (Å²) in [5.74, 6) is 0.597. The molecule has 1 aromatic heterocycles. The van der Waals surface area contributed by atoms with E-state index in [0.717, 1.165) is 0 Å². The van der Waals surface area contributed by atoms with Crippen LogP contribution in [0.15, 0.2) is 23.5 Å². The number of nitrogens with zero attached hydrogens (tertiary/aromatic N) is 3. The molecule has 10 heteroatoms. The number of anilines is 1. The van der Waals surface area contributed by atoms with Crippen LogP contribution in [0.3, 0.4) is 0 Å². The summed E-state index contributed by atoms with van der Waals surface area (Å²) in [6.45, 7) is 9.34. The molecule has 3 N–H and O–H groups in total. The van der Waals surface area contributed by atoms with Crippen LogP contribution >= 0.6 is 11.8 Å². The molecule has 26 heavy (non-hydrogen) atoms. The zero-order valence-electron chi connectivity index (χ0n) is 16.0. The maximum absolute atomic E-state index is 11.7. The molecule has 0 aromatic carbocycles. The summed E-state index contributed by atoms with van der Waals surface area (Å²) in [5.41, 5.74) is -0.121. The van der Waals surface area contributed by atoms with Gasteiger partial charge >= 0.3 is 6.09 Å². The van der Waals surface area contributed by atoms with E-state index in [1.54, 1.807) is 39.4 Å². The molecule has 0 aliphatic rings. The molecule has 1 rings (SSSR count). The fraction of sp³-hybridized carbons (Fsp3) is 0.500. The van der Waals surface area contributed by atoms with E-state index < -0.39 is 11.7 Å². The highest BCUT2D eigenvalue weighted by atomic mass is 32.2. The Kier molecular flexibility index (Phi) is 7.69. The summed E-state index contributed by atoms with van der Waals surface area (Å²) in [6.07, 6.45) is 2.85. The number of aromatic nitrogens is 2. The Morgan fingerprint density at radius 1 is 1.42 bits per heavy atom. The highest BCUT2D eigenvalue weighted by Gasteiger charge is 2.16. The van der Waals surface area contributed by atoms with Crippen molar-refractivity contribution < 1.29 is 14.3 Å². The van der Waals surface area contributed by atoms with Gasteiger partial charge in [-0.05, 0) is 27.0 Å². The fourth-order valence-corrected chi connectivity index (χ4v) is 2.18. The van der Waals surface area contributed by atoms with Gasteiger partial charge in [-0.3, -0.25) is 4.79 Å². The van der Waals surface area contributed by atoms with E-state index in [-0.39, 0.29) is 18.3 Å². The Morgan fingerprint density at radius 2 is 2.08 bits per heavy atom. The number of amidine groups is 1. The van der Waals surface area contributed by atoms with Gasteiger partial charge in [0.2, 0.25) is 0 Å². The highest BCUT2D eigenvalue weighted by molar-refractivity contribution is 8.13. The first kappa shape index (κ1) is 21.6. The average molecular weight is 382 g/mol. The number of aliphatic imine (C=N–C) groups is 1. The van der Waals surface area contributed by atoms with Crippen LogP contribution in [0.1, 0.15) is 31.4 Å². The van der Waals surface area contributed by atoms with Crippen LogP contribution in [0.4, 0.5) is 10.6 Å². The molecule has 0 saturated carbocycles. The van der Waals surface area contributed by atoms with Crippen LogP contribution in [0.25, 0.3) is 0 Å². The van der Waals surface area contributed by atoms with Gasteiger partial charge in [0.25, 0.3) is 5.91 Å². The Balaban J connectivity index is 2.71. The van der Waals surface area contributed by atoms with Gasteiger partial charge in [0.05, 0.1) is 18.4 Å². The van der Waals surface area contributed by atoms with Gasteiger partial charge in [-0.25, -0.2) is 14.8 Å². The van der Waals surface area contributed by atoms with E-state index in [1.165, 1.54) is 18.0 Å². The SMILES string of the molecule is C=C(CNC(=O)OC(C)(C)C)/N=C(\Nc1cnc(C(=O)NC)n1C)SC. The molecule has 0 radical (unpaired) electrons. The summed E-state index contributed by atoms with van der Waals surface area (Å²) < 4.78 is 6.77. The smallest absolute Gasteiger partial charge is 0.407 e. The molecule has 0 atom stereocenters. The summed E-state index contributed by atoms with van der Waals surface area (Å²) in [4.78, 5) is 31.8. The first-order valence-corrected chi connectivity index (χ1v) is 9.08. The first-order chi connectivity index (χ1) is 12.1. The molecule has 0 saturated heterocycles. The molecule has 144 valence electrons. The molecular formula is C16H26N6O3S. The van der Waals surface area contributed by atoms with Gasteiger partial charge in [0, 0.05) is 14.1 Å². The predicted octanol–water partition coefficient (Wildman–Crippen LogP) is 1.95. The molecule has 0 aliphatic carbocycles.